The van der Waals surface area contributed by atoms with Crippen molar-refractivity contribution in [1.29, 1.82) is 0 Å². The highest BCUT2D eigenvalue weighted by Gasteiger charge is 2.02. The van der Waals surface area contributed by atoms with Gasteiger partial charge in [-0.1, -0.05) is 12.1 Å². The number of hydrogen-bond acceptors (Lipinski definition) is 2. The molecule has 2 heteroatoms. The summed E-state index contributed by atoms with van der Waals surface area (Å²) in [6, 6.07) is 4.33. The van der Waals surface area contributed by atoms with Gasteiger partial charge < -0.3 is 5.32 Å². The molecule has 1 heterocycles. The van der Waals surface area contributed by atoms with Crippen LogP contribution in [0.4, 0.5) is 0 Å². The van der Waals surface area contributed by atoms with Crippen LogP contribution < -0.4 is 5.32 Å². The van der Waals surface area contributed by atoms with Gasteiger partial charge in [0, 0.05) is 17.1 Å². The van der Waals surface area contributed by atoms with E-state index in [1.165, 1.54) is 36.3 Å². The van der Waals surface area contributed by atoms with Crippen LogP contribution in [0.15, 0.2) is 29.3 Å². The van der Waals surface area contributed by atoms with Crippen LogP contribution in [-0.4, -0.2) is 6.54 Å². The summed E-state index contributed by atoms with van der Waals surface area (Å²) in [6.07, 6.45) is 8.77. The molecule has 1 aliphatic rings. The van der Waals surface area contributed by atoms with Crippen molar-refractivity contribution < 1.29 is 0 Å². The Balaban J connectivity index is 1.70. The van der Waals surface area contributed by atoms with Gasteiger partial charge >= 0.3 is 0 Å². The zero-order valence-corrected chi connectivity index (χ0v) is 9.28. The van der Waals surface area contributed by atoms with E-state index >= 15 is 0 Å². The molecule has 0 saturated carbocycles. The Kier molecular flexibility index (Phi) is 3.64. The van der Waals surface area contributed by atoms with E-state index in [2.05, 4.69) is 28.9 Å². The number of nitrogens with one attached hydrogen (secondary N) is 1. The van der Waals surface area contributed by atoms with Gasteiger partial charge in [-0.2, -0.15) is 0 Å². The minimum absolute atomic E-state index is 1.09. The van der Waals surface area contributed by atoms with Gasteiger partial charge in [0.15, 0.2) is 0 Å². The number of rotatable bonds is 4. The van der Waals surface area contributed by atoms with Crippen molar-refractivity contribution >= 4 is 11.3 Å². The fourth-order valence-corrected chi connectivity index (χ4v) is 2.51. The molecular formula is C12H17NS. The topological polar surface area (TPSA) is 12.0 Å². The number of allylic oxidation sites excluding steroid dienone is 2. The van der Waals surface area contributed by atoms with Crippen molar-refractivity contribution in [2.75, 3.05) is 6.54 Å². The highest BCUT2D eigenvalue weighted by molar-refractivity contribution is 7.09. The maximum Gasteiger partial charge on any atom is 0.0192 e. The summed E-state index contributed by atoms with van der Waals surface area (Å²) in [6.45, 7) is 1.09. The van der Waals surface area contributed by atoms with E-state index in [0.717, 1.165) is 13.0 Å². The smallest absolute Gasteiger partial charge is 0.0192 e. The van der Waals surface area contributed by atoms with Gasteiger partial charge in [-0.3, -0.25) is 0 Å². The Bertz CT molecular complexity index is 287. The average molecular weight is 207 g/mol. The summed E-state index contributed by atoms with van der Waals surface area (Å²) in [5.74, 6) is 0. The minimum atomic E-state index is 1.09. The minimum Gasteiger partial charge on any atom is -0.388 e. The molecule has 76 valence electrons. The van der Waals surface area contributed by atoms with Crippen molar-refractivity contribution in [2.45, 2.75) is 32.1 Å². The van der Waals surface area contributed by atoms with E-state index in [-0.39, 0.29) is 0 Å². The van der Waals surface area contributed by atoms with E-state index in [9.17, 15) is 0 Å². The molecule has 0 amide bonds. The fraction of sp³-hybridized carbons (Fsp3) is 0.500. The SMILES string of the molecule is C1=C(NCCc2cccs2)CCCC1. The molecule has 1 aromatic rings. The second-order valence-corrected chi connectivity index (χ2v) is 4.76. The molecule has 0 aromatic carbocycles. The van der Waals surface area contributed by atoms with E-state index in [0.29, 0.717) is 0 Å². The molecule has 0 spiro atoms. The Morgan fingerprint density at radius 1 is 1.36 bits per heavy atom. The molecule has 0 bridgehead atoms. The zero-order valence-electron chi connectivity index (χ0n) is 8.46. The van der Waals surface area contributed by atoms with Gasteiger partial charge in [0.25, 0.3) is 0 Å². The lowest BCUT2D eigenvalue weighted by molar-refractivity contribution is 0.639. The van der Waals surface area contributed by atoms with Crippen LogP contribution in [0.25, 0.3) is 0 Å². The Hall–Kier alpha value is -0.760. The summed E-state index contributed by atoms with van der Waals surface area (Å²) in [7, 11) is 0. The summed E-state index contributed by atoms with van der Waals surface area (Å²) >= 11 is 1.85. The van der Waals surface area contributed by atoms with Gasteiger partial charge in [-0.05, 0) is 43.6 Å². The normalized spacial score (nSPS) is 16.4. The van der Waals surface area contributed by atoms with Crippen LogP contribution in [0.3, 0.4) is 0 Å². The molecule has 2 rings (SSSR count). The molecule has 0 atom stereocenters. The lowest BCUT2D eigenvalue weighted by atomic mass is 10.0. The summed E-state index contributed by atoms with van der Waals surface area (Å²) in [5.41, 5.74) is 1.47. The molecule has 1 nitrogen and oxygen atoms in total. The lowest BCUT2D eigenvalue weighted by Crippen LogP contribution is -2.17. The molecule has 0 aliphatic heterocycles. The molecule has 0 unspecified atom stereocenters. The van der Waals surface area contributed by atoms with Crippen LogP contribution in [0.2, 0.25) is 0 Å². The van der Waals surface area contributed by atoms with Gasteiger partial charge in [0.1, 0.15) is 0 Å². The zero-order chi connectivity index (χ0) is 9.64. The maximum absolute atomic E-state index is 3.53. The van der Waals surface area contributed by atoms with Crippen LogP contribution in [-0.2, 0) is 6.42 Å². The second-order valence-electron chi connectivity index (χ2n) is 3.73. The average Bonchev–Trinajstić information content (AvgIpc) is 2.72. The van der Waals surface area contributed by atoms with Gasteiger partial charge in [0.05, 0.1) is 0 Å². The van der Waals surface area contributed by atoms with Crippen LogP contribution in [0.1, 0.15) is 30.6 Å². The second kappa shape index (κ2) is 5.20. The van der Waals surface area contributed by atoms with E-state index in [1.54, 1.807) is 0 Å². The van der Waals surface area contributed by atoms with Crippen molar-refractivity contribution in [1.82, 2.24) is 5.32 Å². The molecule has 1 aliphatic carbocycles. The summed E-state index contributed by atoms with van der Waals surface area (Å²) in [5, 5.41) is 5.68. The third-order valence-corrected chi connectivity index (χ3v) is 3.53. The largest absolute Gasteiger partial charge is 0.388 e. The third-order valence-electron chi connectivity index (χ3n) is 2.59. The first kappa shape index (κ1) is 9.78. The predicted molar refractivity (Wildman–Crippen MR) is 62.6 cm³/mol. The monoisotopic (exact) mass is 207 g/mol. The van der Waals surface area contributed by atoms with Crippen molar-refractivity contribution in [3.63, 3.8) is 0 Å². The van der Waals surface area contributed by atoms with Crippen molar-refractivity contribution in [3.05, 3.63) is 34.2 Å². The van der Waals surface area contributed by atoms with Crippen LogP contribution >= 0.6 is 11.3 Å². The van der Waals surface area contributed by atoms with E-state index < -0.39 is 0 Å². The Labute approximate surface area is 89.8 Å². The lowest BCUT2D eigenvalue weighted by Gasteiger charge is -2.14. The highest BCUT2D eigenvalue weighted by Crippen LogP contribution is 2.15. The van der Waals surface area contributed by atoms with Gasteiger partial charge in [-0.25, -0.2) is 0 Å². The standard InChI is InChI=1S/C12H17NS/c1-2-5-11(6-3-1)13-9-8-12-7-4-10-14-12/h4-5,7,10,13H,1-3,6,8-9H2. The first-order valence-corrected chi connectivity index (χ1v) is 6.28. The maximum atomic E-state index is 3.53. The van der Waals surface area contributed by atoms with Crippen molar-refractivity contribution in [3.8, 4) is 0 Å². The van der Waals surface area contributed by atoms with Crippen LogP contribution in [0.5, 0.6) is 0 Å². The first-order valence-electron chi connectivity index (χ1n) is 5.40. The number of hydrogen-bond donors (Lipinski definition) is 1. The Morgan fingerprint density at radius 2 is 2.36 bits per heavy atom. The summed E-state index contributed by atoms with van der Waals surface area (Å²) in [4.78, 5) is 1.48. The third kappa shape index (κ3) is 2.88. The van der Waals surface area contributed by atoms with E-state index in [1.807, 2.05) is 11.3 Å². The van der Waals surface area contributed by atoms with Crippen LogP contribution in [0, 0.1) is 0 Å². The molecular weight excluding hydrogens is 190 g/mol. The Morgan fingerprint density at radius 3 is 3.07 bits per heavy atom. The van der Waals surface area contributed by atoms with E-state index in [4.69, 9.17) is 0 Å². The first-order chi connectivity index (χ1) is 6.95. The fourth-order valence-electron chi connectivity index (χ4n) is 1.80. The highest BCUT2D eigenvalue weighted by atomic mass is 32.1. The number of thiophene rings is 1. The summed E-state index contributed by atoms with van der Waals surface area (Å²) < 4.78 is 0. The molecule has 0 fully saturated rings. The molecule has 0 saturated heterocycles. The predicted octanol–water partition coefficient (Wildman–Crippen LogP) is 3.34. The quantitative estimate of drug-likeness (QED) is 0.798. The molecule has 1 aromatic heterocycles. The van der Waals surface area contributed by atoms with Crippen molar-refractivity contribution in [2.24, 2.45) is 0 Å². The molecule has 1 N–H and O–H groups in total. The molecule has 0 radical (unpaired) electrons. The molecule has 14 heavy (non-hydrogen) atoms. The van der Waals surface area contributed by atoms with Gasteiger partial charge in [-0.15, -0.1) is 11.3 Å². The van der Waals surface area contributed by atoms with Gasteiger partial charge in [0.2, 0.25) is 0 Å².